The molecular weight excluding hydrogens is 138 g/mol. The van der Waals surface area contributed by atoms with Crippen LogP contribution in [-0.4, -0.2) is 5.91 Å². The van der Waals surface area contributed by atoms with Crippen molar-refractivity contribution in [2.45, 2.75) is 39.0 Å². The van der Waals surface area contributed by atoms with Gasteiger partial charge in [0.2, 0.25) is 5.91 Å². The van der Waals surface area contributed by atoms with Gasteiger partial charge in [0.15, 0.2) is 0 Å². The molecule has 0 fully saturated rings. The highest BCUT2D eigenvalue weighted by molar-refractivity contribution is 5.73. The first-order chi connectivity index (χ1) is 5.16. The van der Waals surface area contributed by atoms with Gasteiger partial charge in [0, 0.05) is 6.42 Å². The molecule has 0 aliphatic carbocycles. The van der Waals surface area contributed by atoms with Gasteiger partial charge in [0.05, 0.1) is 0 Å². The van der Waals surface area contributed by atoms with Crippen LogP contribution in [0.5, 0.6) is 0 Å². The predicted octanol–water partition coefficient (Wildman–Crippen LogP) is 2.00. The summed E-state index contributed by atoms with van der Waals surface area (Å²) in [4.78, 5) is 10.3. The van der Waals surface area contributed by atoms with E-state index >= 15 is 0 Å². The van der Waals surface area contributed by atoms with E-state index in [1.54, 1.807) is 0 Å². The molecule has 0 bridgehead atoms. The van der Waals surface area contributed by atoms with Gasteiger partial charge in [-0.05, 0) is 25.7 Å². The quantitative estimate of drug-likeness (QED) is 0.462. The van der Waals surface area contributed by atoms with Gasteiger partial charge in [-0.3, -0.25) is 4.79 Å². The molecule has 0 rings (SSSR count). The highest BCUT2D eigenvalue weighted by atomic mass is 16.1. The van der Waals surface area contributed by atoms with Crippen LogP contribution in [0.25, 0.3) is 0 Å². The van der Waals surface area contributed by atoms with Crippen molar-refractivity contribution < 1.29 is 4.79 Å². The molecule has 0 heterocycles. The Morgan fingerprint density at radius 3 is 2.36 bits per heavy atom. The van der Waals surface area contributed by atoms with Crippen LogP contribution in [-0.2, 0) is 4.79 Å². The minimum absolute atomic E-state index is 0.202. The highest BCUT2D eigenvalue weighted by Gasteiger charge is 1.95. The lowest BCUT2D eigenvalue weighted by Crippen LogP contribution is -2.09. The van der Waals surface area contributed by atoms with E-state index in [0.29, 0.717) is 6.42 Å². The summed E-state index contributed by atoms with van der Waals surface area (Å²) in [6.45, 7) is 5.97. The van der Waals surface area contributed by atoms with Crippen molar-refractivity contribution in [3.8, 4) is 0 Å². The Hall–Kier alpha value is -0.790. The van der Waals surface area contributed by atoms with Crippen molar-refractivity contribution in [2.24, 2.45) is 5.73 Å². The zero-order valence-electron chi connectivity index (χ0n) is 7.23. The minimum Gasteiger partial charge on any atom is -0.370 e. The fraction of sp³-hybridized carbons (Fsp3) is 0.667. The van der Waals surface area contributed by atoms with Crippen molar-refractivity contribution >= 4 is 5.91 Å². The molecule has 0 unspecified atom stereocenters. The summed E-state index contributed by atoms with van der Waals surface area (Å²) >= 11 is 0. The van der Waals surface area contributed by atoms with Crippen molar-refractivity contribution in [1.29, 1.82) is 0 Å². The number of carbonyl (C=O) groups is 1. The minimum atomic E-state index is -0.202. The summed E-state index contributed by atoms with van der Waals surface area (Å²) in [5.41, 5.74) is 6.24. The zero-order chi connectivity index (χ0) is 8.69. The lowest BCUT2D eigenvalue weighted by Gasteiger charge is -1.99. The molecule has 11 heavy (non-hydrogen) atoms. The number of rotatable bonds is 6. The summed E-state index contributed by atoms with van der Waals surface area (Å²) in [6.07, 6.45) is 4.52. The third kappa shape index (κ3) is 7.10. The molecular formula is C9H17NO. The number of carbonyl (C=O) groups excluding carboxylic acids is 1. The number of primary amides is 1. The first kappa shape index (κ1) is 10.2. The van der Waals surface area contributed by atoms with Gasteiger partial charge in [0.1, 0.15) is 0 Å². The van der Waals surface area contributed by atoms with Crippen LogP contribution in [0.15, 0.2) is 12.2 Å². The van der Waals surface area contributed by atoms with Gasteiger partial charge in [-0.2, -0.15) is 0 Å². The Balaban J connectivity index is 3.14. The number of unbranched alkanes of at least 4 members (excludes halogenated alkanes) is 1. The molecule has 1 amide bonds. The lowest BCUT2D eigenvalue weighted by atomic mass is 10.1. The Bertz CT molecular complexity index is 140. The molecule has 2 nitrogen and oxygen atoms in total. The van der Waals surface area contributed by atoms with E-state index in [0.717, 1.165) is 25.7 Å². The third-order valence-electron chi connectivity index (χ3n) is 1.70. The molecule has 2 N–H and O–H groups in total. The summed E-state index contributed by atoms with van der Waals surface area (Å²) in [7, 11) is 0. The maximum absolute atomic E-state index is 10.3. The molecule has 0 aromatic carbocycles. The molecule has 64 valence electrons. The summed E-state index contributed by atoms with van der Waals surface area (Å²) < 4.78 is 0. The fourth-order valence-corrected chi connectivity index (χ4v) is 0.851. The van der Waals surface area contributed by atoms with Crippen molar-refractivity contribution in [2.75, 3.05) is 0 Å². The summed E-state index contributed by atoms with van der Waals surface area (Å²) in [5.74, 6) is -0.202. The van der Waals surface area contributed by atoms with Crippen molar-refractivity contribution in [3.05, 3.63) is 12.2 Å². The van der Waals surface area contributed by atoms with E-state index < -0.39 is 0 Å². The smallest absolute Gasteiger partial charge is 0.217 e. The number of hydrogen-bond donors (Lipinski definition) is 1. The zero-order valence-corrected chi connectivity index (χ0v) is 7.23. The van der Waals surface area contributed by atoms with Crippen LogP contribution >= 0.6 is 0 Å². The van der Waals surface area contributed by atoms with Gasteiger partial charge in [-0.25, -0.2) is 0 Å². The molecule has 2 heteroatoms. The van der Waals surface area contributed by atoms with E-state index in [-0.39, 0.29) is 5.91 Å². The van der Waals surface area contributed by atoms with Crippen LogP contribution in [0.4, 0.5) is 0 Å². The van der Waals surface area contributed by atoms with Crippen LogP contribution in [0.3, 0.4) is 0 Å². The van der Waals surface area contributed by atoms with E-state index in [4.69, 9.17) is 5.73 Å². The second-order valence-corrected chi connectivity index (χ2v) is 2.78. The number of nitrogens with two attached hydrogens (primary N) is 1. The molecule has 0 atom stereocenters. The van der Waals surface area contributed by atoms with Crippen LogP contribution in [0.1, 0.15) is 39.0 Å². The Labute approximate surface area is 68.5 Å². The van der Waals surface area contributed by atoms with Gasteiger partial charge >= 0.3 is 0 Å². The average Bonchev–Trinajstić information content (AvgIpc) is 1.97. The van der Waals surface area contributed by atoms with Crippen LogP contribution < -0.4 is 5.73 Å². The molecule has 0 aliphatic heterocycles. The highest BCUT2D eigenvalue weighted by Crippen LogP contribution is 2.09. The molecule has 0 aromatic heterocycles. The second-order valence-electron chi connectivity index (χ2n) is 2.78. The van der Waals surface area contributed by atoms with Gasteiger partial charge in [0.25, 0.3) is 0 Å². The van der Waals surface area contributed by atoms with Crippen molar-refractivity contribution in [3.63, 3.8) is 0 Å². The van der Waals surface area contributed by atoms with Gasteiger partial charge in [-0.15, -0.1) is 0 Å². The summed E-state index contributed by atoms with van der Waals surface area (Å²) in [5, 5.41) is 0. The molecule has 0 spiro atoms. The molecule has 0 saturated carbocycles. The topological polar surface area (TPSA) is 43.1 Å². The van der Waals surface area contributed by atoms with E-state index in [1.165, 1.54) is 5.57 Å². The molecule has 0 aliphatic rings. The normalized spacial score (nSPS) is 9.55. The number of amides is 1. The van der Waals surface area contributed by atoms with Gasteiger partial charge < -0.3 is 5.73 Å². The first-order valence-electron chi connectivity index (χ1n) is 4.11. The van der Waals surface area contributed by atoms with Gasteiger partial charge in [-0.1, -0.05) is 19.1 Å². The number of allylic oxidation sites excluding steroid dienone is 1. The monoisotopic (exact) mass is 155 g/mol. The Morgan fingerprint density at radius 2 is 1.91 bits per heavy atom. The first-order valence-corrected chi connectivity index (χ1v) is 4.11. The predicted molar refractivity (Wildman–Crippen MR) is 47.1 cm³/mol. The third-order valence-corrected chi connectivity index (χ3v) is 1.70. The van der Waals surface area contributed by atoms with E-state index in [9.17, 15) is 4.79 Å². The van der Waals surface area contributed by atoms with E-state index in [1.807, 2.05) is 0 Å². The maximum atomic E-state index is 10.3. The standard InChI is InChI=1S/C9H17NO/c1-3-8(2)6-4-5-7-9(10)11/h2-7H2,1H3,(H2,10,11). The summed E-state index contributed by atoms with van der Waals surface area (Å²) in [6, 6.07) is 0. The number of hydrogen-bond acceptors (Lipinski definition) is 1. The SMILES string of the molecule is C=C(CC)CCCCC(N)=O. The Morgan fingerprint density at radius 1 is 1.36 bits per heavy atom. The van der Waals surface area contributed by atoms with Crippen molar-refractivity contribution in [1.82, 2.24) is 0 Å². The van der Waals surface area contributed by atoms with E-state index in [2.05, 4.69) is 13.5 Å². The molecule has 0 aromatic rings. The fourth-order valence-electron chi connectivity index (χ4n) is 0.851. The largest absolute Gasteiger partial charge is 0.370 e. The molecule has 0 radical (unpaired) electrons. The second kappa shape index (κ2) is 5.96. The van der Waals surface area contributed by atoms with Crippen LogP contribution in [0.2, 0.25) is 0 Å². The van der Waals surface area contributed by atoms with Crippen LogP contribution in [0, 0.1) is 0 Å². The Kier molecular flexibility index (Phi) is 5.53. The maximum Gasteiger partial charge on any atom is 0.217 e. The average molecular weight is 155 g/mol. The molecule has 0 saturated heterocycles. The lowest BCUT2D eigenvalue weighted by molar-refractivity contribution is -0.118.